The highest BCUT2D eigenvalue weighted by Crippen LogP contribution is 2.26. The monoisotopic (exact) mass is 594 g/mol. The molecule has 0 atom stereocenters. The Hall–Kier alpha value is -1.94. The van der Waals surface area contributed by atoms with E-state index in [0.29, 0.717) is 11.5 Å². The van der Waals surface area contributed by atoms with Crippen molar-refractivity contribution in [2.45, 2.75) is 13.3 Å². The summed E-state index contributed by atoms with van der Waals surface area (Å²) in [6.07, 6.45) is 0.964. The maximum atomic E-state index is 12.6. The summed E-state index contributed by atoms with van der Waals surface area (Å²) in [5.41, 5.74) is 5.14. The number of aromatic nitrogens is 1. The van der Waals surface area contributed by atoms with Crippen LogP contribution in [0.25, 0.3) is 22.6 Å². The average molecular weight is 594 g/mol. The summed E-state index contributed by atoms with van der Waals surface area (Å²) >= 11 is 4.38. The van der Waals surface area contributed by atoms with Gasteiger partial charge in [-0.05, 0) is 112 Å². The number of rotatable bonds is 4. The van der Waals surface area contributed by atoms with Crippen LogP contribution in [-0.2, 0) is 6.42 Å². The minimum atomic E-state index is -0.121. The molecule has 3 aromatic carbocycles. The maximum absolute atomic E-state index is 12.6. The Morgan fingerprint density at radius 1 is 1.04 bits per heavy atom. The van der Waals surface area contributed by atoms with Crippen LogP contribution in [0.4, 0.5) is 5.69 Å². The van der Waals surface area contributed by atoms with Gasteiger partial charge >= 0.3 is 0 Å². The zero-order valence-electron chi connectivity index (χ0n) is 15.0. The van der Waals surface area contributed by atoms with Crippen LogP contribution in [0.2, 0.25) is 0 Å². The van der Waals surface area contributed by atoms with E-state index < -0.39 is 0 Å². The first-order valence-electron chi connectivity index (χ1n) is 8.80. The van der Waals surface area contributed by atoms with Gasteiger partial charge in [-0.3, -0.25) is 4.79 Å². The predicted octanol–water partition coefficient (Wildman–Crippen LogP) is 6.52. The lowest BCUT2D eigenvalue weighted by Gasteiger charge is -2.08. The SMILES string of the molecule is CCc1ccc2oc(-c3ccc(NC(=O)c4cc(I)ccc4I)cc3)nc2c1. The number of carbonyl (C=O) groups excluding carboxylic acids is 1. The van der Waals surface area contributed by atoms with Gasteiger partial charge in [-0.25, -0.2) is 4.98 Å². The minimum Gasteiger partial charge on any atom is -0.436 e. The fourth-order valence-corrected chi connectivity index (χ4v) is 3.95. The largest absolute Gasteiger partial charge is 0.436 e. The van der Waals surface area contributed by atoms with Gasteiger partial charge in [0.25, 0.3) is 5.91 Å². The van der Waals surface area contributed by atoms with E-state index in [1.165, 1.54) is 5.56 Å². The molecule has 6 heteroatoms. The van der Waals surface area contributed by atoms with E-state index in [9.17, 15) is 4.79 Å². The first-order chi connectivity index (χ1) is 13.5. The lowest BCUT2D eigenvalue weighted by atomic mass is 10.1. The minimum absolute atomic E-state index is 0.121. The number of aryl methyl sites for hydroxylation is 1. The van der Waals surface area contributed by atoms with E-state index in [4.69, 9.17) is 4.42 Å². The highest BCUT2D eigenvalue weighted by molar-refractivity contribution is 14.1. The van der Waals surface area contributed by atoms with E-state index in [1.807, 2.05) is 48.5 Å². The summed E-state index contributed by atoms with van der Waals surface area (Å²) in [6.45, 7) is 2.12. The number of hydrogen-bond donors (Lipinski definition) is 1. The number of amides is 1. The molecule has 0 unspecified atom stereocenters. The molecule has 4 rings (SSSR count). The first kappa shape index (κ1) is 19.4. The van der Waals surface area contributed by atoms with Gasteiger partial charge in [-0.1, -0.05) is 13.0 Å². The van der Waals surface area contributed by atoms with Gasteiger partial charge in [0.05, 0.1) is 5.56 Å². The van der Waals surface area contributed by atoms with Gasteiger partial charge in [-0.2, -0.15) is 0 Å². The van der Waals surface area contributed by atoms with Crippen LogP contribution < -0.4 is 5.32 Å². The molecule has 4 aromatic rings. The third-order valence-corrected chi connectivity index (χ3v) is 6.03. The van der Waals surface area contributed by atoms with Gasteiger partial charge in [0.2, 0.25) is 5.89 Å². The lowest BCUT2D eigenvalue weighted by molar-refractivity contribution is 0.102. The van der Waals surface area contributed by atoms with Crippen molar-refractivity contribution in [3.05, 3.63) is 78.9 Å². The van der Waals surface area contributed by atoms with Crippen LogP contribution >= 0.6 is 45.2 Å². The van der Waals surface area contributed by atoms with E-state index in [-0.39, 0.29) is 5.91 Å². The summed E-state index contributed by atoms with van der Waals surface area (Å²) in [6, 6.07) is 19.4. The molecular weight excluding hydrogens is 578 g/mol. The van der Waals surface area contributed by atoms with Gasteiger partial charge < -0.3 is 9.73 Å². The van der Waals surface area contributed by atoms with Crippen molar-refractivity contribution in [3.8, 4) is 11.5 Å². The van der Waals surface area contributed by atoms with Crippen LogP contribution in [0, 0.1) is 7.14 Å². The van der Waals surface area contributed by atoms with Crippen molar-refractivity contribution in [1.29, 1.82) is 0 Å². The van der Waals surface area contributed by atoms with Crippen molar-refractivity contribution in [1.82, 2.24) is 4.98 Å². The third-order valence-electron chi connectivity index (χ3n) is 4.42. The highest BCUT2D eigenvalue weighted by Gasteiger charge is 2.12. The van der Waals surface area contributed by atoms with Crippen molar-refractivity contribution in [2.24, 2.45) is 0 Å². The molecule has 28 heavy (non-hydrogen) atoms. The van der Waals surface area contributed by atoms with Crippen molar-refractivity contribution < 1.29 is 9.21 Å². The standard InChI is InChI=1S/C22H16I2N2O2/c1-2-13-3-10-20-19(11-13)26-22(28-20)14-4-7-16(8-5-14)25-21(27)17-12-15(23)6-9-18(17)24/h3-12H,2H2,1H3,(H,25,27). The van der Waals surface area contributed by atoms with Crippen molar-refractivity contribution >= 4 is 67.9 Å². The number of anilines is 1. The zero-order chi connectivity index (χ0) is 19.7. The number of carbonyl (C=O) groups is 1. The molecule has 0 bridgehead atoms. The summed E-state index contributed by atoms with van der Waals surface area (Å²) in [4.78, 5) is 17.2. The molecule has 0 aliphatic rings. The summed E-state index contributed by atoms with van der Waals surface area (Å²) in [7, 11) is 0. The third kappa shape index (κ3) is 4.07. The Balaban J connectivity index is 1.55. The van der Waals surface area contributed by atoms with Gasteiger partial charge in [-0.15, -0.1) is 0 Å². The molecule has 0 aliphatic carbocycles. The highest BCUT2D eigenvalue weighted by atomic mass is 127. The molecule has 1 aromatic heterocycles. The summed E-state index contributed by atoms with van der Waals surface area (Å²) in [5.74, 6) is 0.456. The fraction of sp³-hybridized carbons (Fsp3) is 0.0909. The van der Waals surface area contributed by atoms with E-state index in [0.717, 1.165) is 35.9 Å². The molecule has 0 fully saturated rings. The Kier molecular flexibility index (Phi) is 5.68. The molecule has 1 amide bonds. The molecular formula is C22H16I2N2O2. The molecule has 1 N–H and O–H groups in total. The second-order valence-electron chi connectivity index (χ2n) is 6.33. The van der Waals surface area contributed by atoms with Gasteiger partial charge in [0, 0.05) is 18.4 Å². The Morgan fingerprint density at radius 3 is 2.57 bits per heavy atom. The molecule has 1 heterocycles. The van der Waals surface area contributed by atoms with E-state index in [1.54, 1.807) is 0 Å². The molecule has 0 saturated heterocycles. The molecule has 0 aliphatic heterocycles. The maximum Gasteiger partial charge on any atom is 0.256 e. The number of fused-ring (bicyclic) bond motifs is 1. The second-order valence-corrected chi connectivity index (χ2v) is 8.74. The molecule has 0 saturated carbocycles. The molecule has 0 spiro atoms. The summed E-state index contributed by atoms with van der Waals surface area (Å²) in [5, 5.41) is 2.95. The van der Waals surface area contributed by atoms with Crippen molar-refractivity contribution in [3.63, 3.8) is 0 Å². The molecule has 0 radical (unpaired) electrons. The molecule has 4 nitrogen and oxygen atoms in total. The van der Waals surface area contributed by atoms with Crippen LogP contribution in [0.15, 0.2) is 65.1 Å². The number of nitrogens with one attached hydrogen (secondary N) is 1. The van der Waals surface area contributed by atoms with Gasteiger partial charge in [0.15, 0.2) is 5.58 Å². The topological polar surface area (TPSA) is 55.1 Å². The van der Waals surface area contributed by atoms with Crippen molar-refractivity contribution in [2.75, 3.05) is 5.32 Å². The predicted molar refractivity (Wildman–Crippen MR) is 129 cm³/mol. The van der Waals surface area contributed by atoms with Crippen LogP contribution in [0.1, 0.15) is 22.8 Å². The zero-order valence-corrected chi connectivity index (χ0v) is 19.3. The number of hydrogen-bond acceptors (Lipinski definition) is 3. The van der Waals surface area contributed by atoms with Crippen LogP contribution in [0.5, 0.6) is 0 Å². The average Bonchev–Trinajstić information content (AvgIpc) is 3.13. The lowest BCUT2D eigenvalue weighted by Crippen LogP contribution is -2.13. The van der Waals surface area contributed by atoms with E-state index >= 15 is 0 Å². The first-order valence-corrected chi connectivity index (χ1v) is 11.0. The Morgan fingerprint density at radius 2 is 1.82 bits per heavy atom. The molecule has 140 valence electrons. The number of oxazole rings is 1. The number of nitrogens with zero attached hydrogens (tertiary/aromatic N) is 1. The van der Waals surface area contributed by atoms with Crippen LogP contribution in [-0.4, -0.2) is 10.9 Å². The number of benzene rings is 3. The fourth-order valence-electron chi connectivity index (χ4n) is 2.88. The number of halogens is 2. The quantitative estimate of drug-likeness (QED) is 0.274. The van der Waals surface area contributed by atoms with Crippen LogP contribution in [0.3, 0.4) is 0 Å². The Bertz CT molecular complexity index is 1170. The van der Waals surface area contributed by atoms with Gasteiger partial charge in [0.1, 0.15) is 5.52 Å². The smallest absolute Gasteiger partial charge is 0.256 e. The normalized spacial score (nSPS) is 11.0. The second kappa shape index (κ2) is 8.20. The summed E-state index contributed by atoms with van der Waals surface area (Å²) < 4.78 is 7.82. The Labute approximate surface area is 190 Å². The van der Waals surface area contributed by atoms with E-state index in [2.05, 4.69) is 74.5 Å².